The number of nitrogens with zero attached hydrogens (tertiary/aromatic N) is 1. The van der Waals surface area contributed by atoms with Crippen LogP contribution >= 0.6 is 12.2 Å². The van der Waals surface area contributed by atoms with Crippen molar-refractivity contribution in [3.8, 4) is 0 Å². The predicted octanol–water partition coefficient (Wildman–Crippen LogP) is 3.39. The van der Waals surface area contributed by atoms with Gasteiger partial charge in [0.1, 0.15) is 11.6 Å². The zero-order valence-corrected chi connectivity index (χ0v) is 11.6. The maximum absolute atomic E-state index is 13.7. The molecule has 0 amide bonds. The number of hydrogen-bond acceptors (Lipinski definition) is 2. The van der Waals surface area contributed by atoms with Crippen LogP contribution in [0.1, 0.15) is 5.56 Å². The first kappa shape index (κ1) is 13.6. The Morgan fingerprint density at radius 1 is 1.14 bits per heavy atom. The van der Waals surface area contributed by atoms with Crippen LogP contribution in [0.4, 0.5) is 8.78 Å². The molecule has 0 aliphatic carbocycles. The van der Waals surface area contributed by atoms with E-state index in [1.807, 2.05) is 0 Å². The van der Waals surface area contributed by atoms with Gasteiger partial charge in [-0.1, -0.05) is 18.2 Å². The minimum atomic E-state index is -0.704. The Morgan fingerprint density at radius 3 is 2.67 bits per heavy atom. The highest BCUT2D eigenvalue weighted by molar-refractivity contribution is 7.71. The average molecular weight is 304 g/mol. The van der Waals surface area contributed by atoms with Gasteiger partial charge in [0.2, 0.25) is 0 Å². The number of benzene rings is 2. The van der Waals surface area contributed by atoms with E-state index in [1.165, 1.54) is 10.6 Å². The van der Waals surface area contributed by atoms with Crippen LogP contribution in [0.15, 0.2) is 47.3 Å². The summed E-state index contributed by atoms with van der Waals surface area (Å²) < 4.78 is 28.1. The van der Waals surface area contributed by atoms with Gasteiger partial charge in [0.05, 0.1) is 17.4 Å². The second kappa shape index (κ2) is 5.21. The second-order valence-electron chi connectivity index (χ2n) is 4.60. The summed E-state index contributed by atoms with van der Waals surface area (Å²) in [5.74, 6) is -1.36. The fraction of sp³-hybridized carbons (Fsp3) is 0.0667. The van der Waals surface area contributed by atoms with Crippen molar-refractivity contribution >= 4 is 23.1 Å². The van der Waals surface area contributed by atoms with Gasteiger partial charge in [-0.2, -0.15) is 0 Å². The molecule has 0 unspecified atom stereocenters. The van der Waals surface area contributed by atoms with Crippen LogP contribution in [0.5, 0.6) is 0 Å². The molecule has 0 aliphatic heterocycles. The summed E-state index contributed by atoms with van der Waals surface area (Å²) in [5, 5.41) is 0.466. The van der Waals surface area contributed by atoms with Crippen molar-refractivity contribution in [2.75, 3.05) is 0 Å². The first-order chi connectivity index (χ1) is 10.1. The third kappa shape index (κ3) is 2.50. The van der Waals surface area contributed by atoms with E-state index < -0.39 is 11.6 Å². The molecule has 0 radical (unpaired) electrons. The summed E-state index contributed by atoms with van der Waals surface area (Å²) in [5.41, 5.74) is 0.523. The van der Waals surface area contributed by atoms with Gasteiger partial charge >= 0.3 is 0 Å². The molecule has 0 fully saturated rings. The van der Waals surface area contributed by atoms with Gasteiger partial charge in [0.25, 0.3) is 5.56 Å². The zero-order valence-electron chi connectivity index (χ0n) is 10.8. The molecule has 0 bridgehead atoms. The van der Waals surface area contributed by atoms with E-state index in [0.29, 0.717) is 10.9 Å². The minimum absolute atomic E-state index is 0.0505. The summed E-state index contributed by atoms with van der Waals surface area (Å²) in [6, 6.07) is 10.2. The van der Waals surface area contributed by atoms with Gasteiger partial charge in [-0.3, -0.25) is 9.36 Å². The smallest absolute Gasteiger partial charge is 0.262 e. The topological polar surface area (TPSA) is 37.8 Å². The molecule has 0 saturated heterocycles. The monoisotopic (exact) mass is 304 g/mol. The maximum atomic E-state index is 13.7. The first-order valence-electron chi connectivity index (χ1n) is 6.22. The molecule has 3 aromatic rings. The van der Waals surface area contributed by atoms with Gasteiger partial charge in [-0.15, -0.1) is 0 Å². The Balaban J connectivity index is 2.17. The first-order valence-corrected chi connectivity index (χ1v) is 6.63. The molecular weight excluding hydrogens is 294 g/mol. The summed E-state index contributed by atoms with van der Waals surface area (Å²) in [6.45, 7) is -0.0505. The molecule has 1 aromatic heterocycles. The molecule has 2 aromatic carbocycles. The Morgan fingerprint density at radius 2 is 1.90 bits per heavy atom. The van der Waals surface area contributed by atoms with Crippen LogP contribution in [-0.4, -0.2) is 9.55 Å². The number of aromatic amines is 1. The highest BCUT2D eigenvalue weighted by atomic mass is 32.1. The number of fused-ring (bicyclic) bond motifs is 1. The highest BCUT2D eigenvalue weighted by Crippen LogP contribution is 2.12. The zero-order chi connectivity index (χ0) is 15.0. The number of hydrogen-bond donors (Lipinski definition) is 1. The van der Waals surface area contributed by atoms with E-state index in [-0.39, 0.29) is 22.4 Å². The van der Waals surface area contributed by atoms with E-state index in [2.05, 4.69) is 4.98 Å². The number of halogens is 2. The van der Waals surface area contributed by atoms with Crippen LogP contribution in [0.3, 0.4) is 0 Å². The predicted molar refractivity (Wildman–Crippen MR) is 78.9 cm³/mol. The van der Waals surface area contributed by atoms with Gasteiger partial charge < -0.3 is 4.98 Å². The van der Waals surface area contributed by atoms with Crippen LogP contribution in [0.2, 0.25) is 0 Å². The van der Waals surface area contributed by atoms with Crippen molar-refractivity contribution in [1.29, 1.82) is 0 Å². The second-order valence-corrected chi connectivity index (χ2v) is 4.99. The Bertz CT molecular complexity index is 946. The average Bonchev–Trinajstić information content (AvgIpc) is 2.45. The maximum Gasteiger partial charge on any atom is 0.262 e. The summed E-state index contributed by atoms with van der Waals surface area (Å²) in [4.78, 5) is 15.3. The SMILES string of the molecule is O=c1c2ccccc2[nH]c(=S)n1Cc1ccc(F)cc1F. The Labute approximate surface area is 123 Å². The minimum Gasteiger partial charge on any atom is -0.332 e. The van der Waals surface area contributed by atoms with Gasteiger partial charge in [0, 0.05) is 11.6 Å². The quantitative estimate of drug-likeness (QED) is 0.737. The molecule has 106 valence electrons. The van der Waals surface area contributed by atoms with Crippen LogP contribution in [0, 0.1) is 16.4 Å². The molecule has 0 aliphatic rings. The normalized spacial score (nSPS) is 11.0. The molecule has 0 spiro atoms. The van der Waals surface area contributed by atoms with Crippen molar-refractivity contribution in [3.63, 3.8) is 0 Å². The summed E-state index contributed by atoms with van der Waals surface area (Å²) >= 11 is 5.15. The third-order valence-electron chi connectivity index (χ3n) is 3.23. The van der Waals surface area contributed by atoms with E-state index in [4.69, 9.17) is 12.2 Å². The lowest BCUT2D eigenvalue weighted by atomic mass is 10.2. The van der Waals surface area contributed by atoms with E-state index in [0.717, 1.165) is 12.1 Å². The summed E-state index contributed by atoms with van der Waals surface area (Å²) in [7, 11) is 0. The van der Waals surface area contributed by atoms with Crippen LogP contribution in [-0.2, 0) is 6.54 Å². The fourth-order valence-corrected chi connectivity index (χ4v) is 2.42. The van der Waals surface area contributed by atoms with Gasteiger partial charge in [-0.25, -0.2) is 8.78 Å². The van der Waals surface area contributed by atoms with E-state index in [9.17, 15) is 13.6 Å². The van der Waals surface area contributed by atoms with Crippen molar-refractivity contribution in [2.45, 2.75) is 6.54 Å². The van der Waals surface area contributed by atoms with Crippen molar-refractivity contribution < 1.29 is 8.78 Å². The van der Waals surface area contributed by atoms with E-state index in [1.54, 1.807) is 24.3 Å². The number of para-hydroxylation sites is 1. The fourth-order valence-electron chi connectivity index (χ4n) is 2.16. The van der Waals surface area contributed by atoms with Crippen molar-refractivity contribution in [3.05, 3.63) is 74.8 Å². The lowest BCUT2D eigenvalue weighted by Gasteiger charge is -2.09. The molecule has 0 atom stereocenters. The van der Waals surface area contributed by atoms with Crippen molar-refractivity contribution in [2.24, 2.45) is 0 Å². The third-order valence-corrected chi connectivity index (χ3v) is 3.56. The lowest BCUT2D eigenvalue weighted by Crippen LogP contribution is -2.23. The number of nitrogens with one attached hydrogen (secondary N) is 1. The van der Waals surface area contributed by atoms with Gasteiger partial charge in [-0.05, 0) is 30.4 Å². The summed E-state index contributed by atoms with van der Waals surface area (Å²) in [6.07, 6.45) is 0. The Hall–Kier alpha value is -2.34. The molecule has 6 heteroatoms. The number of H-pyrrole nitrogens is 1. The molecule has 1 N–H and O–H groups in total. The largest absolute Gasteiger partial charge is 0.332 e. The lowest BCUT2D eigenvalue weighted by molar-refractivity contribution is 0.563. The highest BCUT2D eigenvalue weighted by Gasteiger charge is 2.09. The van der Waals surface area contributed by atoms with Crippen molar-refractivity contribution in [1.82, 2.24) is 9.55 Å². The molecule has 0 saturated carbocycles. The molecule has 3 nitrogen and oxygen atoms in total. The molecule has 3 rings (SSSR count). The van der Waals surface area contributed by atoms with Crippen LogP contribution in [0.25, 0.3) is 10.9 Å². The molecular formula is C15H10F2N2OS. The standard InChI is InChI=1S/C15H10F2N2OS/c16-10-6-5-9(12(17)7-10)8-19-14(20)11-3-1-2-4-13(11)18-15(19)21/h1-7H,8H2,(H,18,21). The van der Waals surface area contributed by atoms with Crippen LogP contribution < -0.4 is 5.56 Å². The molecule has 21 heavy (non-hydrogen) atoms. The Kier molecular flexibility index (Phi) is 3.39. The van der Waals surface area contributed by atoms with Gasteiger partial charge in [0.15, 0.2) is 4.77 Å². The number of aromatic nitrogens is 2. The molecule has 1 heterocycles. The number of rotatable bonds is 2. The van der Waals surface area contributed by atoms with E-state index >= 15 is 0 Å².